The number of nitriles is 1. The normalized spacial score (nSPS) is 17.7. The lowest BCUT2D eigenvalue weighted by molar-refractivity contribution is 0.389. The van der Waals surface area contributed by atoms with Gasteiger partial charge in [-0.3, -0.25) is 0 Å². The predicted octanol–water partition coefficient (Wildman–Crippen LogP) is 4.19. The molecule has 0 spiro atoms. The maximum atomic E-state index is 9.02. The van der Waals surface area contributed by atoms with Crippen molar-refractivity contribution < 1.29 is 0 Å². The summed E-state index contributed by atoms with van der Waals surface area (Å²) in [6.45, 7) is 7.59. The molecule has 196 valence electrons. The van der Waals surface area contributed by atoms with Crippen LogP contribution in [0.5, 0.6) is 0 Å². The summed E-state index contributed by atoms with van der Waals surface area (Å²) in [6.07, 6.45) is 4.89. The fourth-order valence-corrected chi connectivity index (χ4v) is 6.29. The van der Waals surface area contributed by atoms with Crippen LogP contribution in [0.25, 0.3) is 11.3 Å². The fourth-order valence-electron chi connectivity index (χ4n) is 5.23. The number of benzene rings is 1. The van der Waals surface area contributed by atoms with Crippen LogP contribution in [0.1, 0.15) is 31.2 Å². The van der Waals surface area contributed by atoms with E-state index in [-0.39, 0.29) is 0 Å². The molecule has 0 radical (unpaired) electrons. The third-order valence-electron chi connectivity index (χ3n) is 7.42. The molecule has 3 aliphatic heterocycles. The quantitative estimate of drug-likeness (QED) is 0.471. The number of anilines is 4. The van der Waals surface area contributed by atoms with Gasteiger partial charge in [-0.2, -0.15) is 15.2 Å². The Balaban J connectivity index is 1.09. The Morgan fingerprint density at radius 3 is 2.05 bits per heavy atom. The van der Waals surface area contributed by atoms with E-state index in [0.717, 1.165) is 86.3 Å². The third kappa shape index (κ3) is 5.37. The van der Waals surface area contributed by atoms with Gasteiger partial charge in [0.2, 0.25) is 5.95 Å². The minimum absolute atomic E-state index is 0.643. The summed E-state index contributed by atoms with van der Waals surface area (Å²) in [6, 6.07) is 11.8. The lowest BCUT2D eigenvalue weighted by Crippen LogP contribution is -2.50. The molecule has 3 aliphatic rings. The molecule has 0 bridgehead atoms. The van der Waals surface area contributed by atoms with Gasteiger partial charge in [0, 0.05) is 69.4 Å². The zero-order chi connectivity index (χ0) is 25.9. The minimum atomic E-state index is 0.643. The number of hydrogen-bond acceptors (Lipinski definition) is 9. The molecule has 0 atom stereocenters. The summed E-state index contributed by atoms with van der Waals surface area (Å²) >= 11 is 7.28. The molecule has 3 fully saturated rings. The summed E-state index contributed by atoms with van der Waals surface area (Å²) in [5.41, 5.74) is 2.50. The number of aromatic nitrogens is 3. The van der Waals surface area contributed by atoms with Crippen molar-refractivity contribution in [3.05, 3.63) is 41.3 Å². The number of hydrogen-bond donors (Lipinski definition) is 1. The Bertz CT molecular complexity index is 1280. The van der Waals surface area contributed by atoms with Crippen LogP contribution < -0.4 is 20.0 Å². The molecule has 0 amide bonds. The van der Waals surface area contributed by atoms with Gasteiger partial charge < -0.3 is 24.9 Å². The summed E-state index contributed by atoms with van der Waals surface area (Å²) in [5, 5.41) is 15.8. The maximum absolute atomic E-state index is 9.02. The van der Waals surface area contributed by atoms with Gasteiger partial charge in [0.25, 0.3) is 0 Å². The van der Waals surface area contributed by atoms with Crippen molar-refractivity contribution in [1.82, 2.24) is 19.9 Å². The van der Waals surface area contributed by atoms with Crippen LogP contribution >= 0.6 is 23.6 Å². The fraction of sp³-hybridized carbons (Fsp3) is 0.444. The standard InChI is InChI=1S/C27H31N9S2/c28-18-20-5-7-21(8-6-20)22-19-38-26(29-22)32-27(37)36-15-13-34(14-16-36)24-17-23(33-9-1-2-10-33)30-25(31-24)35-11-3-4-12-35/h5-8,17,19H,1-4,9-16H2,(H,29,32,37). The molecular weight excluding hydrogens is 514 g/mol. The summed E-state index contributed by atoms with van der Waals surface area (Å²) in [4.78, 5) is 24.0. The molecule has 9 nitrogen and oxygen atoms in total. The van der Waals surface area contributed by atoms with E-state index in [4.69, 9.17) is 32.4 Å². The molecule has 6 rings (SSSR count). The minimum Gasteiger partial charge on any atom is -0.356 e. The summed E-state index contributed by atoms with van der Waals surface area (Å²) < 4.78 is 0. The molecule has 0 saturated carbocycles. The topological polar surface area (TPSA) is 87.5 Å². The van der Waals surface area contributed by atoms with Crippen molar-refractivity contribution in [2.45, 2.75) is 25.7 Å². The van der Waals surface area contributed by atoms with Crippen molar-refractivity contribution in [2.24, 2.45) is 0 Å². The monoisotopic (exact) mass is 545 g/mol. The Hall–Kier alpha value is -3.49. The smallest absolute Gasteiger partial charge is 0.229 e. The average Bonchev–Trinajstić information content (AvgIpc) is 3.76. The lowest BCUT2D eigenvalue weighted by atomic mass is 10.1. The van der Waals surface area contributed by atoms with E-state index in [2.05, 4.69) is 37.1 Å². The third-order valence-corrected chi connectivity index (χ3v) is 8.54. The molecule has 0 aliphatic carbocycles. The molecule has 5 heterocycles. The molecule has 3 saturated heterocycles. The lowest BCUT2D eigenvalue weighted by Gasteiger charge is -2.37. The number of nitrogens with one attached hydrogen (secondary N) is 1. The Labute approximate surface area is 232 Å². The number of thiocarbonyl (C=S) groups is 1. The molecule has 38 heavy (non-hydrogen) atoms. The van der Waals surface area contributed by atoms with E-state index >= 15 is 0 Å². The van der Waals surface area contributed by atoms with Gasteiger partial charge in [-0.05, 0) is 50.0 Å². The first-order valence-electron chi connectivity index (χ1n) is 13.3. The second-order valence-corrected chi connectivity index (χ2v) is 11.1. The van der Waals surface area contributed by atoms with Gasteiger partial charge in [0.05, 0.1) is 17.3 Å². The number of thiazole rings is 1. The zero-order valence-corrected chi connectivity index (χ0v) is 23.0. The highest BCUT2D eigenvalue weighted by Gasteiger charge is 2.25. The van der Waals surface area contributed by atoms with Crippen molar-refractivity contribution in [3.63, 3.8) is 0 Å². The largest absolute Gasteiger partial charge is 0.356 e. The zero-order valence-electron chi connectivity index (χ0n) is 21.3. The van der Waals surface area contributed by atoms with Crippen LogP contribution in [0, 0.1) is 11.3 Å². The van der Waals surface area contributed by atoms with Crippen LogP contribution in [0.4, 0.5) is 22.7 Å². The first-order valence-corrected chi connectivity index (χ1v) is 14.6. The van der Waals surface area contributed by atoms with E-state index in [1.54, 1.807) is 0 Å². The second kappa shape index (κ2) is 11.1. The van der Waals surface area contributed by atoms with Gasteiger partial charge in [-0.15, -0.1) is 11.3 Å². The molecule has 1 aromatic carbocycles. The van der Waals surface area contributed by atoms with E-state index in [1.807, 2.05) is 29.6 Å². The van der Waals surface area contributed by atoms with E-state index in [1.165, 1.54) is 37.0 Å². The van der Waals surface area contributed by atoms with E-state index in [9.17, 15) is 0 Å². The first-order chi connectivity index (χ1) is 18.7. The number of piperazine rings is 1. The van der Waals surface area contributed by atoms with Crippen molar-refractivity contribution >= 4 is 51.4 Å². The van der Waals surface area contributed by atoms with Crippen LogP contribution in [0.15, 0.2) is 35.7 Å². The van der Waals surface area contributed by atoms with Gasteiger partial charge in [0.1, 0.15) is 11.6 Å². The molecule has 2 aromatic heterocycles. The molecule has 11 heteroatoms. The second-order valence-electron chi connectivity index (χ2n) is 9.90. The number of nitrogens with zero attached hydrogens (tertiary/aromatic N) is 8. The highest BCUT2D eigenvalue weighted by Crippen LogP contribution is 2.29. The van der Waals surface area contributed by atoms with Crippen LogP contribution in [0.3, 0.4) is 0 Å². The van der Waals surface area contributed by atoms with Crippen LogP contribution in [-0.4, -0.2) is 77.3 Å². The van der Waals surface area contributed by atoms with Gasteiger partial charge in [-0.25, -0.2) is 4.98 Å². The van der Waals surface area contributed by atoms with E-state index < -0.39 is 0 Å². The number of rotatable bonds is 5. The first kappa shape index (κ1) is 24.8. The van der Waals surface area contributed by atoms with Crippen LogP contribution in [-0.2, 0) is 0 Å². The van der Waals surface area contributed by atoms with Gasteiger partial charge in [-0.1, -0.05) is 12.1 Å². The molecule has 3 aromatic rings. The Kier molecular flexibility index (Phi) is 7.25. The summed E-state index contributed by atoms with van der Waals surface area (Å²) in [5.74, 6) is 2.97. The van der Waals surface area contributed by atoms with Crippen molar-refractivity contribution in [1.29, 1.82) is 5.26 Å². The Morgan fingerprint density at radius 1 is 0.816 bits per heavy atom. The van der Waals surface area contributed by atoms with E-state index in [0.29, 0.717) is 10.7 Å². The summed E-state index contributed by atoms with van der Waals surface area (Å²) in [7, 11) is 0. The van der Waals surface area contributed by atoms with Gasteiger partial charge >= 0.3 is 0 Å². The van der Waals surface area contributed by atoms with Gasteiger partial charge in [0.15, 0.2) is 10.2 Å². The SMILES string of the molecule is N#Cc1ccc(-c2csc(NC(=S)N3CCN(c4cc(N5CCCC5)nc(N5CCCC5)n4)CC3)n2)cc1. The molecule has 1 N–H and O–H groups in total. The average molecular weight is 546 g/mol. The maximum Gasteiger partial charge on any atom is 0.229 e. The highest BCUT2D eigenvalue weighted by molar-refractivity contribution is 7.80. The predicted molar refractivity (Wildman–Crippen MR) is 157 cm³/mol. The highest BCUT2D eigenvalue weighted by atomic mass is 32.1. The van der Waals surface area contributed by atoms with Crippen LogP contribution in [0.2, 0.25) is 0 Å². The molecular formula is C27H31N9S2. The van der Waals surface area contributed by atoms with Crippen molar-refractivity contribution in [3.8, 4) is 17.3 Å². The molecule has 0 unspecified atom stereocenters. The Morgan fingerprint density at radius 2 is 1.42 bits per heavy atom. The van der Waals surface area contributed by atoms with Crippen molar-refractivity contribution in [2.75, 3.05) is 72.4 Å².